The lowest BCUT2D eigenvalue weighted by atomic mass is 9.98. The number of guanidine groups is 1. The lowest BCUT2D eigenvalue weighted by molar-refractivity contribution is 0.275. The molecule has 0 unspecified atom stereocenters. The molecule has 1 aromatic heterocycles. The predicted molar refractivity (Wildman–Crippen MR) is 114 cm³/mol. The molecule has 2 heterocycles. The highest BCUT2D eigenvalue weighted by Gasteiger charge is 2.24. The van der Waals surface area contributed by atoms with Crippen LogP contribution in [0.2, 0.25) is 0 Å². The Labute approximate surface area is 171 Å². The third-order valence-corrected chi connectivity index (χ3v) is 6.68. The number of aliphatic imine (C=N–C) groups is 1. The first-order valence-corrected chi connectivity index (χ1v) is 10.8. The Kier molecular flexibility index (Phi) is 9.05. The van der Waals surface area contributed by atoms with Gasteiger partial charge in [-0.1, -0.05) is 0 Å². The van der Waals surface area contributed by atoms with Crippen LogP contribution < -0.4 is 10.6 Å². The molecule has 25 heavy (non-hydrogen) atoms. The van der Waals surface area contributed by atoms with Crippen LogP contribution in [0.1, 0.15) is 28.4 Å². The molecule has 1 fully saturated rings. The molecule has 1 aromatic rings. The highest BCUT2D eigenvalue weighted by molar-refractivity contribution is 14.0. The second kappa shape index (κ2) is 10.0. The smallest absolute Gasteiger partial charge is 0.211 e. The fraction of sp³-hybridized carbons (Fsp3) is 0.733. The lowest BCUT2D eigenvalue weighted by Crippen LogP contribution is -2.43. The summed E-state index contributed by atoms with van der Waals surface area (Å²) in [6, 6.07) is 0. The SMILES string of the molecule is CN=C(NCc1nc(C)c(C)s1)NCC1CCN(S(C)(=O)=O)CC1.I. The third-order valence-electron chi connectivity index (χ3n) is 4.30. The molecule has 1 saturated heterocycles. The van der Waals surface area contributed by atoms with Crippen molar-refractivity contribution < 1.29 is 8.42 Å². The second-order valence-electron chi connectivity index (χ2n) is 6.16. The topological polar surface area (TPSA) is 86.7 Å². The van der Waals surface area contributed by atoms with Gasteiger partial charge in [0.15, 0.2) is 5.96 Å². The molecule has 2 N–H and O–H groups in total. The summed E-state index contributed by atoms with van der Waals surface area (Å²) in [5.74, 6) is 1.22. The Hall–Kier alpha value is -0.460. The first kappa shape index (κ1) is 22.6. The summed E-state index contributed by atoms with van der Waals surface area (Å²) in [6.07, 6.45) is 3.03. The van der Waals surface area contributed by atoms with Crippen LogP contribution in [0.15, 0.2) is 4.99 Å². The van der Waals surface area contributed by atoms with Gasteiger partial charge in [-0.25, -0.2) is 17.7 Å². The molecule has 7 nitrogen and oxygen atoms in total. The molecule has 0 aromatic carbocycles. The maximum Gasteiger partial charge on any atom is 0.211 e. The molecule has 10 heteroatoms. The van der Waals surface area contributed by atoms with Gasteiger partial charge in [-0.05, 0) is 32.6 Å². The minimum absolute atomic E-state index is 0. The van der Waals surface area contributed by atoms with Crippen LogP contribution in [0.25, 0.3) is 0 Å². The minimum Gasteiger partial charge on any atom is -0.356 e. The first-order chi connectivity index (χ1) is 11.3. The largest absolute Gasteiger partial charge is 0.356 e. The fourth-order valence-electron chi connectivity index (χ4n) is 2.68. The van der Waals surface area contributed by atoms with Gasteiger partial charge in [0.25, 0.3) is 0 Å². The maximum atomic E-state index is 11.5. The molecule has 2 rings (SSSR count). The Balaban J connectivity index is 0.00000312. The van der Waals surface area contributed by atoms with Gasteiger partial charge in [-0.2, -0.15) is 0 Å². The molecular formula is C15H28IN5O2S2. The van der Waals surface area contributed by atoms with E-state index in [2.05, 4.69) is 27.5 Å². The van der Waals surface area contributed by atoms with E-state index in [1.165, 1.54) is 11.1 Å². The summed E-state index contributed by atoms with van der Waals surface area (Å²) in [4.78, 5) is 9.99. The fourth-order valence-corrected chi connectivity index (χ4v) is 4.43. The molecule has 0 saturated carbocycles. The van der Waals surface area contributed by atoms with Gasteiger partial charge in [-0.15, -0.1) is 35.3 Å². The van der Waals surface area contributed by atoms with E-state index in [-0.39, 0.29) is 24.0 Å². The molecular weight excluding hydrogens is 473 g/mol. The van der Waals surface area contributed by atoms with E-state index in [4.69, 9.17) is 0 Å². The van der Waals surface area contributed by atoms with Gasteiger partial charge in [-0.3, -0.25) is 4.99 Å². The highest BCUT2D eigenvalue weighted by Crippen LogP contribution is 2.18. The molecule has 0 atom stereocenters. The molecule has 0 spiro atoms. The maximum absolute atomic E-state index is 11.5. The molecule has 0 amide bonds. The van der Waals surface area contributed by atoms with Crippen molar-refractivity contribution in [2.75, 3.05) is 32.9 Å². The molecule has 0 aliphatic carbocycles. The van der Waals surface area contributed by atoms with Crippen LogP contribution in [-0.4, -0.2) is 56.6 Å². The molecule has 0 bridgehead atoms. The van der Waals surface area contributed by atoms with Crippen LogP contribution in [0.5, 0.6) is 0 Å². The standard InChI is InChI=1S/C15H27N5O2S2.HI/c1-11-12(2)23-14(19-11)10-18-15(16-3)17-9-13-5-7-20(8-6-13)24(4,21)22;/h13H,5-10H2,1-4H3,(H2,16,17,18);1H. The second-order valence-corrected chi connectivity index (χ2v) is 9.43. The van der Waals surface area contributed by atoms with Crippen molar-refractivity contribution in [3.63, 3.8) is 0 Å². The quantitative estimate of drug-likeness (QED) is 0.365. The van der Waals surface area contributed by atoms with E-state index < -0.39 is 10.0 Å². The summed E-state index contributed by atoms with van der Waals surface area (Å²) in [5, 5.41) is 7.66. The average Bonchev–Trinajstić information content (AvgIpc) is 2.85. The molecule has 1 aliphatic heterocycles. The zero-order valence-electron chi connectivity index (χ0n) is 15.2. The van der Waals surface area contributed by atoms with Crippen molar-refractivity contribution in [3.05, 3.63) is 15.6 Å². The number of halogens is 1. The third kappa shape index (κ3) is 6.99. The summed E-state index contributed by atoms with van der Waals surface area (Å²) >= 11 is 1.70. The Morgan fingerprint density at radius 1 is 1.32 bits per heavy atom. The van der Waals surface area contributed by atoms with Gasteiger partial charge < -0.3 is 10.6 Å². The number of nitrogens with one attached hydrogen (secondary N) is 2. The van der Waals surface area contributed by atoms with Crippen LogP contribution in [-0.2, 0) is 16.6 Å². The van der Waals surface area contributed by atoms with E-state index in [1.54, 1.807) is 22.7 Å². The number of rotatable bonds is 5. The Morgan fingerprint density at radius 2 is 1.96 bits per heavy atom. The number of nitrogens with zero attached hydrogens (tertiary/aromatic N) is 3. The van der Waals surface area contributed by atoms with Crippen molar-refractivity contribution >= 4 is 51.3 Å². The molecule has 1 aliphatic rings. The number of sulfonamides is 1. The molecule has 144 valence electrons. The number of aryl methyl sites for hydroxylation is 2. The number of hydrogen-bond donors (Lipinski definition) is 2. The van der Waals surface area contributed by atoms with Gasteiger partial charge in [0.2, 0.25) is 10.0 Å². The van der Waals surface area contributed by atoms with Gasteiger partial charge in [0.05, 0.1) is 18.5 Å². The van der Waals surface area contributed by atoms with Crippen molar-refractivity contribution in [3.8, 4) is 0 Å². The Morgan fingerprint density at radius 3 is 2.44 bits per heavy atom. The average molecular weight is 501 g/mol. The number of thiazole rings is 1. The zero-order valence-corrected chi connectivity index (χ0v) is 19.2. The number of aromatic nitrogens is 1. The minimum atomic E-state index is -3.06. The predicted octanol–water partition coefficient (Wildman–Crippen LogP) is 1.71. The summed E-state index contributed by atoms with van der Waals surface area (Å²) in [7, 11) is -1.31. The van der Waals surface area contributed by atoms with E-state index in [9.17, 15) is 8.42 Å². The summed E-state index contributed by atoms with van der Waals surface area (Å²) in [6.45, 7) is 6.76. The van der Waals surface area contributed by atoms with Crippen molar-refractivity contribution in [1.82, 2.24) is 19.9 Å². The highest BCUT2D eigenvalue weighted by atomic mass is 127. The Bertz CT molecular complexity index is 663. The van der Waals surface area contributed by atoms with Crippen LogP contribution >= 0.6 is 35.3 Å². The number of piperidine rings is 1. The van der Waals surface area contributed by atoms with Crippen LogP contribution in [0, 0.1) is 19.8 Å². The van der Waals surface area contributed by atoms with E-state index in [0.717, 1.165) is 36.0 Å². The molecule has 0 radical (unpaired) electrons. The first-order valence-electron chi connectivity index (χ1n) is 8.12. The van der Waals surface area contributed by atoms with Gasteiger partial charge in [0.1, 0.15) is 5.01 Å². The van der Waals surface area contributed by atoms with Crippen LogP contribution in [0.4, 0.5) is 0 Å². The monoisotopic (exact) mass is 501 g/mol. The lowest BCUT2D eigenvalue weighted by Gasteiger charge is -2.30. The van der Waals surface area contributed by atoms with Gasteiger partial charge >= 0.3 is 0 Å². The van der Waals surface area contributed by atoms with Gasteiger partial charge in [0, 0.05) is 31.6 Å². The summed E-state index contributed by atoms with van der Waals surface area (Å²) in [5.41, 5.74) is 1.08. The van der Waals surface area contributed by atoms with Crippen molar-refractivity contribution in [1.29, 1.82) is 0 Å². The normalized spacial score (nSPS) is 17.2. The zero-order chi connectivity index (χ0) is 17.7. The van der Waals surface area contributed by atoms with E-state index in [0.29, 0.717) is 25.6 Å². The summed E-state index contributed by atoms with van der Waals surface area (Å²) < 4.78 is 24.6. The van der Waals surface area contributed by atoms with Crippen LogP contribution in [0.3, 0.4) is 0 Å². The van der Waals surface area contributed by atoms with E-state index >= 15 is 0 Å². The number of hydrogen-bond acceptors (Lipinski definition) is 5. The van der Waals surface area contributed by atoms with Crippen molar-refractivity contribution in [2.24, 2.45) is 10.9 Å². The van der Waals surface area contributed by atoms with Crippen molar-refractivity contribution in [2.45, 2.75) is 33.2 Å². The van der Waals surface area contributed by atoms with E-state index in [1.807, 2.05) is 6.92 Å².